The summed E-state index contributed by atoms with van der Waals surface area (Å²) in [5.41, 5.74) is 3.37. The third-order valence-electron chi connectivity index (χ3n) is 6.08. The predicted molar refractivity (Wildman–Crippen MR) is 143 cm³/mol. The van der Waals surface area contributed by atoms with Crippen molar-refractivity contribution in [1.82, 2.24) is 5.32 Å². The Kier molecular flexibility index (Phi) is 10.0. The van der Waals surface area contributed by atoms with Crippen molar-refractivity contribution in [3.05, 3.63) is 87.9 Å². The molecule has 0 heterocycles. The summed E-state index contributed by atoms with van der Waals surface area (Å²) >= 11 is 6.04. The molecular weight excluding hydrogens is 501 g/mol. The Bertz CT molecular complexity index is 1190. The highest BCUT2D eigenvalue weighted by atomic mass is 35.5. The second-order valence-electron chi connectivity index (χ2n) is 8.80. The van der Waals surface area contributed by atoms with Crippen molar-refractivity contribution < 1.29 is 24.5 Å². The molecule has 4 rings (SSSR count). The maximum Gasteiger partial charge on any atom is 0.335 e. The fourth-order valence-corrected chi connectivity index (χ4v) is 4.47. The van der Waals surface area contributed by atoms with E-state index >= 15 is 0 Å². The number of fused-ring (bicyclic) bond motifs is 1. The van der Waals surface area contributed by atoms with Crippen LogP contribution in [0.15, 0.2) is 60.7 Å². The Morgan fingerprint density at radius 3 is 2.64 bits per heavy atom. The smallest absolute Gasteiger partial charge is 0.335 e. The van der Waals surface area contributed by atoms with Crippen molar-refractivity contribution >= 4 is 30.0 Å². The zero-order valence-electron chi connectivity index (χ0n) is 20.1. The number of aryl methyl sites for hydroxylation is 1. The largest absolute Gasteiger partial charge is 0.493 e. The van der Waals surface area contributed by atoms with Gasteiger partial charge in [0.05, 0.1) is 18.3 Å². The standard InChI is InChI=1S/C28H30ClNO5.ClH/c1-2-10-34-25-14-21(28(32)33)15-26(16-25)35-24-9-7-18-6-8-23(12-20(18)13-24)30-17-27(31)19-4-3-5-22(29)11-19;/h3-5,7,9,11,13-16,23,27,30-31H,2,6,8,10,12,17H2,1H3,(H,32,33);1H/t23-,27+;/m0./s1. The third kappa shape index (κ3) is 7.37. The Hall–Kier alpha value is -2.77. The van der Waals surface area contributed by atoms with Gasteiger partial charge in [-0.05, 0) is 78.8 Å². The first kappa shape index (κ1) is 27.8. The van der Waals surface area contributed by atoms with E-state index in [1.54, 1.807) is 18.2 Å². The van der Waals surface area contributed by atoms with Crippen LogP contribution in [-0.2, 0) is 12.8 Å². The van der Waals surface area contributed by atoms with Crippen LogP contribution in [0.25, 0.3) is 0 Å². The second kappa shape index (κ2) is 13.0. The van der Waals surface area contributed by atoms with E-state index in [0.717, 1.165) is 31.2 Å². The fourth-order valence-electron chi connectivity index (χ4n) is 4.27. The maximum absolute atomic E-state index is 11.5. The summed E-state index contributed by atoms with van der Waals surface area (Å²) in [7, 11) is 0. The van der Waals surface area contributed by atoms with Crippen LogP contribution in [0, 0.1) is 0 Å². The highest BCUT2D eigenvalue weighted by Gasteiger charge is 2.20. The van der Waals surface area contributed by atoms with Crippen molar-refractivity contribution in [2.24, 2.45) is 0 Å². The molecule has 0 bridgehead atoms. The molecule has 1 aliphatic rings. The third-order valence-corrected chi connectivity index (χ3v) is 6.31. The van der Waals surface area contributed by atoms with Gasteiger partial charge in [0, 0.05) is 23.7 Å². The maximum atomic E-state index is 11.5. The molecule has 36 heavy (non-hydrogen) atoms. The molecule has 0 radical (unpaired) electrons. The van der Waals surface area contributed by atoms with E-state index in [1.165, 1.54) is 23.3 Å². The number of halogens is 2. The van der Waals surface area contributed by atoms with Crippen molar-refractivity contribution in [3.63, 3.8) is 0 Å². The van der Waals surface area contributed by atoms with Crippen molar-refractivity contribution in [2.75, 3.05) is 13.2 Å². The molecule has 0 spiro atoms. The molecule has 0 saturated heterocycles. The number of aliphatic hydroxyl groups is 1. The minimum atomic E-state index is -1.03. The Balaban J connectivity index is 0.00000361. The molecule has 0 fully saturated rings. The minimum absolute atomic E-state index is 0. The zero-order valence-corrected chi connectivity index (χ0v) is 21.6. The van der Waals surface area contributed by atoms with Crippen LogP contribution in [0.1, 0.15) is 52.9 Å². The van der Waals surface area contributed by atoms with E-state index in [0.29, 0.717) is 35.4 Å². The van der Waals surface area contributed by atoms with Crippen LogP contribution in [0.3, 0.4) is 0 Å². The van der Waals surface area contributed by atoms with Crippen LogP contribution < -0.4 is 14.8 Å². The van der Waals surface area contributed by atoms with E-state index in [-0.39, 0.29) is 24.0 Å². The lowest BCUT2D eigenvalue weighted by molar-refractivity contribution is 0.0696. The SMILES string of the molecule is CCCOc1cc(Oc2ccc3c(c2)C[C@@H](NC[C@@H](O)c2cccc(Cl)c2)CC3)cc(C(=O)O)c1.Cl. The van der Waals surface area contributed by atoms with E-state index in [2.05, 4.69) is 11.4 Å². The van der Waals surface area contributed by atoms with Crippen molar-refractivity contribution in [3.8, 4) is 17.2 Å². The van der Waals surface area contributed by atoms with Crippen LogP contribution in [0.5, 0.6) is 17.2 Å². The van der Waals surface area contributed by atoms with Gasteiger partial charge in [-0.2, -0.15) is 0 Å². The number of carbonyl (C=O) groups is 1. The zero-order chi connectivity index (χ0) is 24.8. The quantitative estimate of drug-likeness (QED) is 0.287. The first-order valence-corrected chi connectivity index (χ1v) is 12.3. The Morgan fingerprint density at radius 2 is 1.89 bits per heavy atom. The average molecular weight is 532 g/mol. The van der Waals surface area contributed by atoms with Crippen molar-refractivity contribution in [1.29, 1.82) is 0 Å². The van der Waals surface area contributed by atoms with Crippen LogP contribution in [-0.4, -0.2) is 35.4 Å². The van der Waals surface area contributed by atoms with Gasteiger partial charge in [-0.25, -0.2) is 4.79 Å². The summed E-state index contributed by atoms with van der Waals surface area (Å²) in [4.78, 5) is 11.5. The van der Waals surface area contributed by atoms with Gasteiger partial charge in [0.2, 0.25) is 0 Å². The Labute approximate surface area is 222 Å². The molecule has 0 amide bonds. The summed E-state index contributed by atoms with van der Waals surface area (Å²) < 4.78 is 11.7. The van der Waals surface area contributed by atoms with Gasteiger partial charge < -0.3 is 25.0 Å². The molecule has 192 valence electrons. The number of aromatic carboxylic acids is 1. The number of hydrogen-bond acceptors (Lipinski definition) is 5. The molecule has 6 nitrogen and oxygen atoms in total. The number of carboxylic acids is 1. The van der Waals surface area contributed by atoms with Gasteiger partial charge in [0.1, 0.15) is 17.2 Å². The highest BCUT2D eigenvalue weighted by molar-refractivity contribution is 6.30. The summed E-state index contributed by atoms with van der Waals surface area (Å²) in [6.45, 7) is 2.94. The molecule has 0 aromatic heterocycles. The van der Waals surface area contributed by atoms with Gasteiger partial charge in [-0.3, -0.25) is 0 Å². The lowest BCUT2D eigenvalue weighted by Gasteiger charge is -2.27. The van der Waals surface area contributed by atoms with E-state index in [9.17, 15) is 15.0 Å². The Morgan fingerprint density at radius 1 is 1.08 bits per heavy atom. The average Bonchev–Trinajstić information content (AvgIpc) is 2.85. The van der Waals surface area contributed by atoms with E-state index in [4.69, 9.17) is 21.1 Å². The van der Waals surface area contributed by atoms with Gasteiger partial charge in [0.15, 0.2) is 0 Å². The molecule has 3 aromatic carbocycles. The van der Waals surface area contributed by atoms with Crippen LogP contribution in [0.4, 0.5) is 0 Å². The summed E-state index contributed by atoms with van der Waals surface area (Å²) in [6.07, 6.45) is 2.92. The fraction of sp³-hybridized carbons (Fsp3) is 0.321. The molecule has 3 N–H and O–H groups in total. The summed E-state index contributed by atoms with van der Waals surface area (Å²) in [5, 5.41) is 24.1. The molecule has 0 saturated carbocycles. The predicted octanol–water partition coefficient (Wildman–Crippen LogP) is 6.22. The molecule has 8 heteroatoms. The lowest BCUT2D eigenvalue weighted by atomic mass is 9.88. The van der Waals surface area contributed by atoms with E-state index < -0.39 is 12.1 Å². The van der Waals surface area contributed by atoms with Gasteiger partial charge in [-0.1, -0.05) is 36.7 Å². The molecule has 0 unspecified atom stereocenters. The summed E-state index contributed by atoms with van der Waals surface area (Å²) in [6, 6.07) is 18.2. The number of benzene rings is 3. The molecule has 1 aliphatic carbocycles. The van der Waals surface area contributed by atoms with Crippen molar-refractivity contribution in [2.45, 2.75) is 44.8 Å². The number of aliphatic hydroxyl groups excluding tert-OH is 1. The normalized spacial score (nSPS) is 15.4. The monoisotopic (exact) mass is 531 g/mol. The van der Waals surface area contributed by atoms with E-state index in [1.807, 2.05) is 31.2 Å². The lowest BCUT2D eigenvalue weighted by Crippen LogP contribution is -2.37. The second-order valence-corrected chi connectivity index (χ2v) is 9.23. The number of nitrogens with one attached hydrogen (secondary N) is 1. The highest BCUT2D eigenvalue weighted by Crippen LogP contribution is 2.31. The van der Waals surface area contributed by atoms with Gasteiger partial charge in [-0.15, -0.1) is 12.4 Å². The number of carboxylic acid groups (broad SMARTS) is 1. The molecule has 2 atom stereocenters. The van der Waals surface area contributed by atoms with Gasteiger partial charge in [0.25, 0.3) is 0 Å². The molecule has 0 aliphatic heterocycles. The number of ether oxygens (including phenoxy) is 2. The number of rotatable bonds is 10. The van der Waals surface area contributed by atoms with Gasteiger partial charge >= 0.3 is 5.97 Å². The topological polar surface area (TPSA) is 88.0 Å². The first-order valence-electron chi connectivity index (χ1n) is 11.9. The van der Waals surface area contributed by atoms with Crippen LogP contribution >= 0.6 is 24.0 Å². The summed E-state index contributed by atoms with van der Waals surface area (Å²) in [5.74, 6) is 0.511. The first-order chi connectivity index (χ1) is 16.9. The molecule has 3 aromatic rings. The minimum Gasteiger partial charge on any atom is -0.493 e. The number of hydrogen-bond donors (Lipinski definition) is 3. The molecular formula is C28H31Cl2NO5. The van der Waals surface area contributed by atoms with Crippen LogP contribution in [0.2, 0.25) is 5.02 Å².